The summed E-state index contributed by atoms with van der Waals surface area (Å²) < 4.78 is 87.2. The van der Waals surface area contributed by atoms with Gasteiger partial charge < -0.3 is 4.74 Å². The first-order valence-electron chi connectivity index (χ1n) is 13.1. The van der Waals surface area contributed by atoms with Crippen molar-refractivity contribution >= 4 is 10.8 Å². The van der Waals surface area contributed by atoms with E-state index in [-0.39, 0.29) is 18.4 Å². The number of unbranched alkanes of at least 4 members (excludes halogenated alkanes) is 2. The van der Waals surface area contributed by atoms with E-state index in [2.05, 4.69) is 11.7 Å². The predicted octanol–water partition coefficient (Wildman–Crippen LogP) is 9.30. The maximum absolute atomic E-state index is 15.2. The van der Waals surface area contributed by atoms with Crippen LogP contribution < -0.4 is 4.74 Å². The molecule has 0 amide bonds. The van der Waals surface area contributed by atoms with Gasteiger partial charge in [-0.05, 0) is 90.4 Å². The van der Waals surface area contributed by atoms with E-state index in [4.69, 9.17) is 0 Å². The van der Waals surface area contributed by atoms with E-state index in [1.165, 1.54) is 18.2 Å². The van der Waals surface area contributed by atoms with Crippen molar-refractivity contribution in [2.75, 3.05) is 0 Å². The Bertz CT molecular complexity index is 1410. The molecule has 7 heteroatoms. The molecule has 0 radical (unpaired) electrons. The van der Waals surface area contributed by atoms with Crippen molar-refractivity contribution in [2.45, 2.75) is 64.9 Å². The Hall–Kier alpha value is -3.48. The van der Waals surface area contributed by atoms with E-state index >= 15 is 4.39 Å². The molecule has 39 heavy (non-hydrogen) atoms. The summed E-state index contributed by atoms with van der Waals surface area (Å²) in [6, 6.07) is 15.2. The minimum absolute atomic E-state index is 0.0566. The standard InChI is InChI=1S/C32H30F6O/c1-2-3-4-5-22-18-27(33)26(28(34)19-22)14-8-20-7-13-25-24(16-20)12-11-23(31(25)36)10-6-21-9-15-30(29(35)17-21)39-32(37)38/h7,9,11-13,15-19,32H,2-6,8,10,14H2,1H3. The molecule has 0 aliphatic rings. The Kier molecular flexibility index (Phi) is 9.54. The Morgan fingerprint density at radius 3 is 2.00 bits per heavy atom. The van der Waals surface area contributed by atoms with Gasteiger partial charge in [0.05, 0.1) is 0 Å². The van der Waals surface area contributed by atoms with Gasteiger partial charge in [-0.25, -0.2) is 17.6 Å². The molecule has 0 unspecified atom stereocenters. The van der Waals surface area contributed by atoms with E-state index in [0.29, 0.717) is 46.7 Å². The molecular formula is C32H30F6O. The molecule has 0 atom stereocenters. The molecule has 0 saturated carbocycles. The summed E-state index contributed by atoms with van der Waals surface area (Å²) in [6.07, 6.45) is 4.79. The van der Waals surface area contributed by atoms with Gasteiger partial charge in [0.2, 0.25) is 0 Å². The highest BCUT2D eigenvalue weighted by molar-refractivity contribution is 5.84. The van der Waals surface area contributed by atoms with Gasteiger partial charge in [0, 0.05) is 10.9 Å². The summed E-state index contributed by atoms with van der Waals surface area (Å²) in [7, 11) is 0. The van der Waals surface area contributed by atoms with E-state index in [1.54, 1.807) is 24.3 Å². The molecule has 0 N–H and O–H groups in total. The van der Waals surface area contributed by atoms with Gasteiger partial charge in [0.1, 0.15) is 17.5 Å². The molecule has 0 saturated heterocycles. The Morgan fingerprint density at radius 1 is 0.641 bits per heavy atom. The average Bonchev–Trinajstić information content (AvgIpc) is 2.89. The molecule has 4 aromatic rings. The summed E-state index contributed by atoms with van der Waals surface area (Å²) in [5.74, 6) is -2.90. The molecule has 0 spiro atoms. The lowest BCUT2D eigenvalue weighted by molar-refractivity contribution is -0.0522. The van der Waals surface area contributed by atoms with Gasteiger partial charge in [-0.1, -0.05) is 56.2 Å². The second kappa shape index (κ2) is 13.0. The smallest absolute Gasteiger partial charge is 0.387 e. The number of ether oxygens (including phenoxy) is 1. The number of benzene rings is 4. The van der Waals surface area contributed by atoms with Crippen LogP contribution >= 0.6 is 0 Å². The van der Waals surface area contributed by atoms with E-state index < -0.39 is 35.6 Å². The zero-order valence-electron chi connectivity index (χ0n) is 21.7. The maximum Gasteiger partial charge on any atom is 0.387 e. The van der Waals surface area contributed by atoms with Crippen molar-refractivity contribution in [2.24, 2.45) is 0 Å². The fourth-order valence-corrected chi connectivity index (χ4v) is 4.79. The second-order valence-corrected chi connectivity index (χ2v) is 9.73. The van der Waals surface area contributed by atoms with Gasteiger partial charge in [-0.15, -0.1) is 0 Å². The van der Waals surface area contributed by atoms with Crippen molar-refractivity contribution in [1.29, 1.82) is 0 Å². The fourth-order valence-electron chi connectivity index (χ4n) is 4.79. The zero-order chi connectivity index (χ0) is 27.9. The first-order chi connectivity index (χ1) is 18.7. The van der Waals surface area contributed by atoms with Crippen LogP contribution in [0.5, 0.6) is 5.75 Å². The van der Waals surface area contributed by atoms with Crippen molar-refractivity contribution < 1.29 is 31.1 Å². The highest BCUT2D eigenvalue weighted by Crippen LogP contribution is 2.26. The third kappa shape index (κ3) is 7.34. The molecule has 0 fully saturated rings. The SMILES string of the molecule is CCCCCc1cc(F)c(CCc2ccc3c(F)c(CCc4ccc(OC(F)F)c(F)c4)ccc3c2)c(F)c1. The minimum Gasteiger partial charge on any atom is -0.432 e. The fraction of sp³-hybridized carbons (Fsp3) is 0.312. The van der Waals surface area contributed by atoms with Crippen molar-refractivity contribution in [1.82, 2.24) is 0 Å². The maximum atomic E-state index is 15.2. The molecule has 0 heterocycles. The largest absolute Gasteiger partial charge is 0.432 e. The number of halogens is 6. The van der Waals surface area contributed by atoms with Crippen molar-refractivity contribution in [3.05, 3.63) is 112 Å². The van der Waals surface area contributed by atoms with Gasteiger partial charge in [-0.2, -0.15) is 8.78 Å². The third-order valence-corrected chi connectivity index (χ3v) is 6.93. The van der Waals surface area contributed by atoms with Crippen LogP contribution in [0.1, 0.15) is 54.0 Å². The minimum atomic E-state index is -3.12. The molecule has 0 aliphatic heterocycles. The third-order valence-electron chi connectivity index (χ3n) is 6.93. The molecular weight excluding hydrogens is 514 g/mol. The van der Waals surface area contributed by atoms with Crippen LogP contribution in [0.4, 0.5) is 26.3 Å². The van der Waals surface area contributed by atoms with Gasteiger partial charge in [0.15, 0.2) is 11.6 Å². The van der Waals surface area contributed by atoms with E-state index in [0.717, 1.165) is 37.0 Å². The van der Waals surface area contributed by atoms with Crippen LogP contribution in [0.15, 0.2) is 60.7 Å². The normalized spacial score (nSPS) is 11.5. The van der Waals surface area contributed by atoms with Crippen LogP contribution in [0.3, 0.4) is 0 Å². The summed E-state index contributed by atoms with van der Waals surface area (Å²) in [4.78, 5) is 0. The summed E-state index contributed by atoms with van der Waals surface area (Å²) in [5.41, 5.74) is 2.52. The molecule has 0 aliphatic carbocycles. The van der Waals surface area contributed by atoms with Gasteiger partial charge in [0.25, 0.3) is 0 Å². The Balaban J connectivity index is 1.41. The van der Waals surface area contributed by atoms with Crippen LogP contribution in [0.2, 0.25) is 0 Å². The lowest BCUT2D eigenvalue weighted by Crippen LogP contribution is -2.04. The van der Waals surface area contributed by atoms with Crippen molar-refractivity contribution in [3.8, 4) is 5.75 Å². The number of rotatable bonds is 12. The lowest BCUT2D eigenvalue weighted by atomic mass is 9.96. The van der Waals surface area contributed by atoms with Crippen LogP contribution in [-0.2, 0) is 32.1 Å². The first-order valence-corrected chi connectivity index (χ1v) is 13.1. The van der Waals surface area contributed by atoms with E-state index in [9.17, 15) is 22.0 Å². The monoisotopic (exact) mass is 544 g/mol. The quantitative estimate of drug-likeness (QED) is 0.128. The van der Waals surface area contributed by atoms with Gasteiger partial charge >= 0.3 is 6.61 Å². The number of fused-ring (bicyclic) bond motifs is 1. The first kappa shape index (κ1) is 28.5. The van der Waals surface area contributed by atoms with Gasteiger partial charge in [-0.3, -0.25) is 0 Å². The number of aryl methyl sites for hydroxylation is 4. The molecule has 206 valence electrons. The number of hydrogen-bond acceptors (Lipinski definition) is 1. The molecule has 4 aromatic carbocycles. The molecule has 1 nitrogen and oxygen atoms in total. The molecule has 0 aromatic heterocycles. The van der Waals surface area contributed by atoms with Crippen LogP contribution in [-0.4, -0.2) is 6.61 Å². The Morgan fingerprint density at radius 2 is 1.31 bits per heavy atom. The molecule has 0 bridgehead atoms. The topological polar surface area (TPSA) is 9.23 Å². The molecule has 4 rings (SSSR count). The summed E-state index contributed by atoms with van der Waals surface area (Å²) >= 11 is 0. The van der Waals surface area contributed by atoms with Crippen LogP contribution in [0, 0.1) is 23.3 Å². The second-order valence-electron chi connectivity index (χ2n) is 9.73. The number of hydrogen-bond donors (Lipinski definition) is 0. The Labute approximate surface area is 224 Å². The predicted molar refractivity (Wildman–Crippen MR) is 141 cm³/mol. The highest BCUT2D eigenvalue weighted by Gasteiger charge is 2.14. The summed E-state index contributed by atoms with van der Waals surface area (Å²) in [5, 5.41) is 1.08. The van der Waals surface area contributed by atoms with Crippen molar-refractivity contribution in [3.63, 3.8) is 0 Å². The summed E-state index contributed by atoms with van der Waals surface area (Å²) in [6.45, 7) is -1.04. The van der Waals surface area contributed by atoms with E-state index in [1.807, 2.05) is 6.07 Å². The zero-order valence-corrected chi connectivity index (χ0v) is 21.7. The lowest BCUT2D eigenvalue weighted by Gasteiger charge is -2.11. The highest BCUT2D eigenvalue weighted by atomic mass is 19.3. The number of alkyl halides is 2. The average molecular weight is 545 g/mol. The van der Waals surface area contributed by atoms with Crippen LogP contribution in [0.25, 0.3) is 10.8 Å².